The smallest absolute Gasteiger partial charge is 0.274 e. The quantitative estimate of drug-likeness (QED) is 0.689. The van der Waals surface area contributed by atoms with Crippen molar-refractivity contribution in [3.63, 3.8) is 0 Å². The highest BCUT2D eigenvalue weighted by Crippen LogP contribution is 2.49. The average molecular weight is 367 g/mol. The van der Waals surface area contributed by atoms with E-state index >= 15 is 0 Å². The lowest BCUT2D eigenvalue weighted by Crippen LogP contribution is -2.44. The number of aromatic amines is 1. The molecule has 0 bridgehead atoms. The summed E-state index contributed by atoms with van der Waals surface area (Å²) in [6.45, 7) is 7.41. The number of nitrogens with one attached hydrogen (secondary N) is 2. The highest BCUT2D eigenvalue weighted by atomic mass is 19.3. The molecule has 9 heteroatoms. The number of nitrogens with zero attached hydrogens (tertiary/aromatic N) is 5. The molecular weight excluding hydrogens is 352 g/mol. The summed E-state index contributed by atoms with van der Waals surface area (Å²) in [5.41, 5.74) is 2.03. The number of aromatic nitrogens is 5. The fourth-order valence-corrected chi connectivity index (χ4v) is 3.50. The molecule has 27 heavy (non-hydrogen) atoms. The van der Waals surface area contributed by atoms with Gasteiger partial charge in [-0.05, 0) is 12.1 Å². The van der Waals surface area contributed by atoms with Gasteiger partial charge in [-0.15, -0.1) is 0 Å². The maximum Gasteiger partial charge on any atom is 0.274 e. The molecule has 0 atom stereocenters. The Hall–Kier alpha value is -3.15. The number of pyridine rings is 1. The third kappa shape index (κ3) is 2.60. The molecule has 5 rings (SSSR count). The molecule has 0 spiro atoms. The van der Waals surface area contributed by atoms with Gasteiger partial charge in [-0.2, -0.15) is 5.10 Å². The second kappa shape index (κ2) is 5.42. The van der Waals surface area contributed by atoms with Crippen LogP contribution in [-0.4, -0.2) is 37.1 Å². The van der Waals surface area contributed by atoms with Crippen LogP contribution in [0.2, 0.25) is 0 Å². The zero-order valence-corrected chi connectivity index (χ0v) is 14.2. The minimum atomic E-state index is -2.61. The van der Waals surface area contributed by atoms with E-state index in [4.69, 9.17) is 6.57 Å². The molecule has 0 saturated heterocycles. The van der Waals surface area contributed by atoms with Gasteiger partial charge in [-0.3, -0.25) is 5.10 Å². The lowest BCUT2D eigenvalue weighted by Gasteiger charge is -2.35. The van der Waals surface area contributed by atoms with Gasteiger partial charge in [0.1, 0.15) is 23.5 Å². The summed E-state index contributed by atoms with van der Waals surface area (Å²) in [6, 6.07) is 3.24. The van der Waals surface area contributed by atoms with Crippen molar-refractivity contribution in [2.75, 3.05) is 5.32 Å². The Morgan fingerprint density at radius 1 is 1.22 bits per heavy atom. The largest absolute Gasteiger partial charge is 0.366 e. The molecule has 0 aromatic carbocycles. The van der Waals surface area contributed by atoms with Gasteiger partial charge in [-0.1, -0.05) is 0 Å². The van der Waals surface area contributed by atoms with E-state index in [2.05, 4.69) is 35.3 Å². The Morgan fingerprint density at radius 3 is 2.74 bits per heavy atom. The predicted molar refractivity (Wildman–Crippen MR) is 94.0 cm³/mol. The van der Waals surface area contributed by atoms with Crippen molar-refractivity contribution in [3.8, 4) is 11.4 Å². The van der Waals surface area contributed by atoms with E-state index in [9.17, 15) is 8.78 Å². The van der Waals surface area contributed by atoms with Gasteiger partial charge in [0, 0.05) is 37.9 Å². The van der Waals surface area contributed by atoms with E-state index in [0.29, 0.717) is 28.3 Å². The first-order valence-electron chi connectivity index (χ1n) is 8.69. The summed E-state index contributed by atoms with van der Waals surface area (Å²) in [4.78, 5) is 16.6. The van der Waals surface area contributed by atoms with Crippen molar-refractivity contribution < 1.29 is 8.78 Å². The highest BCUT2D eigenvalue weighted by Gasteiger charge is 2.54. The fraction of sp³-hybridized carbons (Fsp3) is 0.389. The Bertz CT molecular complexity index is 1070. The number of hydrogen-bond acceptors (Lipinski definition) is 5. The zero-order valence-electron chi connectivity index (χ0n) is 14.2. The van der Waals surface area contributed by atoms with Crippen LogP contribution in [0.3, 0.4) is 0 Å². The van der Waals surface area contributed by atoms with Gasteiger partial charge in [0.05, 0.1) is 16.6 Å². The van der Waals surface area contributed by atoms with Crippen molar-refractivity contribution in [1.29, 1.82) is 0 Å². The molecule has 3 aromatic rings. The van der Waals surface area contributed by atoms with Gasteiger partial charge in [-0.25, -0.2) is 30.3 Å². The van der Waals surface area contributed by atoms with Crippen molar-refractivity contribution in [3.05, 3.63) is 41.8 Å². The first kappa shape index (κ1) is 16.1. The number of hydrogen-bond donors (Lipinski definition) is 2. The molecule has 2 fully saturated rings. The van der Waals surface area contributed by atoms with E-state index in [1.54, 1.807) is 18.3 Å². The minimum Gasteiger partial charge on any atom is -0.366 e. The van der Waals surface area contributed by atoms with Crippen LogP contribution in [0, 0.1) is 6.57 Å². The number of fused-ring (bicyclic) bond motifs is 1. The molecular formula is C18H15F2N7. The number of anilines is 1. The Labute approximate surface area is 153 Å². The highest BCUT2D eigenvalue weighted by molar-refractivity contribution is 5.99. The van der Waals surface area contributed by atoms with Crippen LogP contribution in [0.25, 0.3) is 27.1 Å². The van der Waals surface area contributed by atoms with Gasteiger partial charge in [0.2, 0.25) is 0 Å². The number of halogens is 2. The summed E-state index contributed by atoms with van der Waals surface area (Å²) in [7, 11) is 0. The molecule has 3 heterocycles. The molecule has 2 aliphatic rings. The van der Waals surface area contributed by atoms with Crippen molar-refractivity contribution >= 4 is 16.7 Å². The fourth-order valence-electron chi connectivity index (χ4n) is 3.50. The molecule has 0 radical (unpaired) electrons. The second-order valence-electron chi connectivity index (χ2n) is 7.19. The topological polar surface area (TPSA) is 83.7 Å². The van der Waals surface area contributed by atoms with E-state index < -0.39 is 11.5 Å². The Morgan fingerprint density at radius 2 is 2.04 bits per heavy atom. The van der Waals surface area contributed by atoms with Gasteiger partial charge >= 0.3 is 0 Å². The summed E-state index contributed by atoms with van der Waals surface area (Å²) in [5.74, 6) is -2.10. The lowest BCUT2D eigenvalue weighted by molar-refractivity contribution is -0.0793. The number of H-pyrrole nitrogens is 1. The lowest BCUT2D eigenvalue weighted by atomic mass is 9.88. The SMILES string of the molecule is [C-]#[N+]C1(c2cc(-c3n[nH]c4ccnc(NC5CC(F)(F)C5)c34)ncn2)CC1. The normalized spacial score (nSPS) is 20.0. The Kier molecular flexibility index (Phi) is 3.22. The summed E-state index contributed by atoms with van der Waals surface area (Å²) in [5, 5.41) is 11.1. The van der Waals surface area contributed by atoms with Gasteiger partial charge in [0.25, 0.3) is 11.5 Å². The van der Waals surface area contributed by atoms with Crippen molar-refractivity contribution in [2.24, 2.45) is 0 Å². The zero-order chi connectivity index (χ0) is 18.6. The van der Waals surface area contributed by atoms with Crippen molar-refractivity contribution in [1.82, 2.24) is 25.1 Å². The summed E-state index contributed by atoms with van der Waals surface area (Å²) in [6.07, 6.45) is 4.21. The molecule has 2 N–H and O–H groups in total. The van der Waals surface area contributed by atoms with Crippen LogP contribution < -0.4 is 5.32 Å². The molecule has 2 saturated carbocycles. The number of rotatable bonds is 4. The van der Waals surface area contributed by atoms with Crippen LogP contribution in [0.4, 0.5) is 14.6 Å². The average Bonchev–Trinajstić information content (AvgIpc) is 3.32. The van der Waals surface area contributed by atoms with Crippen LogP contribution >= 0.6 is 0 Å². The van der Waals surface area contributed by atoms with Crippen LogP contribution in [0.1, 0.15) is 31.4 Å². The Balaban J connectivity index is 1.55. The summed E-state index contributed by atoms with van der Waals surface area (Å²) >= 11 is 0. The molecule has 7 nitrogen and oxygen atoms in total. The minimum absolute atomic E-state index is 0.205. The van der Waals surface area contributed by atoms with E-state index in [-0.39, 0.29) is 18.9 Å². The standard InChI is InChI=1S/C18H15F2N7/c1-21-17(3-4-17)13-6-12(23-9-24-13)15-14-11(26-27-15)2-5-22-16(14)25-10-7-18(19,20)8-10/h2,5-6,9-10H,3-4,7-8H2,(H,22,25)(H,26,27). The molecule has 2 aliphatic carbocycles. The van der Waals surface area contributed by atoms with Crippen LogP contribution in [-0.2, 0) is 5.54 Å². The third-order valence-corrected chi connectivity index (χ3v) is 5.23. The maximum atomic E-state index is 13.2. The van der Waals surface area contributed by atoms with E-state index in [1.807, 2.05) is 0 Å². The first-order chi connectivity index (χ1) is 13.0. The van der Waals surface area contributed by atoms with E-state index in [0.717, 1.165) is 18.4 Å². The second-order valence-corrected chi connectivity index (χ2v) is 7.19. The molecule has 0 amide bonds. The molecule has 136 valence electrons. The van der Waals surface area contributed by atoms with E-state index in [1.165, 1.54) is 6.33 Å². The number of alkyl halides is 2. The molecule has 0 aliphatic heterocycles. The first-order valence-corrected chi connectivity index (χ1v) is 8.69. The third-order valence-electron chi connectivity index (χ3n) is 5.23. The molecule has 0 unspecified atom stereocenters. The maximum absolute atomic E-state index is 13.2. The van der Waals surface area contributed by atoms with Crippen LogP contribution in [0.15, 0.2) is 24.7 Å². The van der Waals surface area contributed by atoms with Gasteiger partial charge < -0.3 is 10.2 Å². The van der Waals surface area contributed by atoms with Crippen LogP contribution in [0.5, 0.6) is 0 Å². The predicted octanol–water partition coefficient (Wildman–Crippen LogP) is 3.53. The summed E-state index contributed by atoms with van der Waals surface area (Å²) < 4.78 is 26.3. The monoisotopic (exact) mass is 367 g/mol. The van der Waals surface area contributed by atoms with Crippen molar-refractivity contribution in [2.45, 2.75) is 43.2 Å². The van der Waals surface area contributed by atoms with Gasteiger partial charge in [0.15, 0.2) is 0 Å². The molecule has 3 aromatic heterocycles.